The van der Waals surface area contributed by atoms with Gasteiger partial charge in [0.05, 0.1) is 6.04 Å². The van der Waals surface area contributed by atoms with Crippen LogP contribution >= 0.6 is 0 Å². The smallest absolute Gasteiger partial charge is 0.192 e. The van der Waals surface area contributed by atoms with Gasteiger partial charge in [-0.05, 0) is 37.8 Å². The summed E-state index contributed by atoms with van der Waals surface area (Å²) in [6, 6.07) is 21.1. The molecule has 2 aromatic carbocycles. The van der Waals surface area contributed by atoms with E-state index in [1.807, 2.05) is 24.6 Å². The molecule has 1 heterocycles. The predicted octanol–water partition coefficient (Wildman–Crippen LogP) is 3.55. The molecule has 6 heteroatoms. The molecule has 0 fully saturated rings. The molecule has 0 aliphatic carbocycles. The van der Waals surface area contributed by atoms with Gasteiger partial charge in [0.1, 0.15) is 12.4 Å². The molecule has 29 heavy (non-hydrogen) atoms. The standard InChI is InChI=1S/C23H30N6/c1-18(21-14-8-5-9-15-21)26-23(25-17-22-28-27-19(2)29(22)3)24-16-10-13-20-11-6-4-7-12-20/h4-9,11-12,14-15,18H,10,13,16-17H2,1-3H3,(H2,24,25,26). The zero-order valence-electron chi connectivity index (χ0n) is 17.5. The minimum atomic E-state index is 0.151. The van der Waals surface area contributed by atoms with E-state index in [9.17, 15) is 0 Å². The van der Waals surface area contributed by atoms with Crippen molar-refractivity contribution in [1.29, 1.82) is 0 Å². The maximum Gasteiger partial charge on any atom is 0.192 e. The predicted molar refractivity (Wildman–Crippen MR) is 118 cm³/mol. The van der Waals surface area contributed by atoms with Gasteiger partial charge in [-0.3, -0.25) is 0 Å². The van der Waals surface area contributed by atoms with Crippen LogP contribution in [0.25, 0.3) is 0 Å². The van der Waals surface area contributed by atoms with Crippen LogP contribution in [0.15, 0.2) is 65.7 Å². The van der Waals surface area contributed by atoms with Crippen LogP contribution in [0, 0.1) is 6.92 Å². The average molecular weight is 391 g/mol. The number of aliphatic imine (C=N–C) groups is 1. The van der Waals surface area contributed by atoms with E-state index in [0.29, 0.717) is 6.54 Å². The van der Waals surface area contributed by atoms with Gasteiger partial charge < -0.3 is 15.2 Å². The van der Waals surface area contributed by atoms with E-state index < -0.39 is 0 Å². The highest BCUT2D eigenvalue weighted by Gasteiger charge is 2.09. The Balaban J connectivity index is 1.61. The van der Waals surface area contributed by atoms with Gasteiger partial charge in [0.25, 0.3) is 0 Å². The highest BCUT2D eigenvalue weighted by molar-refractivity contribution is 5.80. The Morgan fingerprint density at radius 2 is 1.72 bits per heavy atom. The molecule has 152 valence electrons. The summed E-state index contributed by atoms with van der Waals surface area (Å²) < 4.78 is 1.97. The van der Waals surface area contributed by atoms with Crippen LogP contribution in [0.5, 0.6) is 0 Å². The zero-order valence-corrected chi connectivity index (χ0v) is 17.5. The topological polar surface area (TPSA) is 67.1 Å². The van der Waals surface area contributed by atoms with Gasteiger partial charge >= 0.3 is 0 Å². The summed E-state index contributed by atoms with van der Waals surface area (Å²) >= 11 is 0. The lowest BCUT2D eigenvalue weighted by atomic mass is 10.1. The van der Waals surface area contributed by atoms with E-state index in [1.54, 1.807) is 0 Å². The lowest BCUT2D eigenvalue weighted by Gasteiger charge is -2.19. The molecule has 2 N–H and O–H groups in total. The van der Waals surface area contributed by atoms with Crippen molar-refractivity contribution in [2.75, 3.05) is 6.54 Å². The molecule has 0 spiro atoms. The number of rotatable bonds is 8. The van der Waals surface area contributed by atoms with Crippen LogP contribution in [0.1, 0.15) is 42.2 Å². The molecule has 3 rings (SSSR count). The van der Waals surface area contributed by atoms with E-state index in [4.69, 9.17) is 4.99 Å². The molecule has 1 atom stereocenters. The number of aryl methyl sites for hydroxylation is 2. The van der Waals surface area contributed by atoms with Crippen LogP contribution in [0.4, 0.5) is 0 Å². The highest BCUT2D eigenvalue weighted by atomic mass is 15.3. The number of nitrogens with zero attached hydrogens (tertiary/aromatic N) is 4. The minimum absolute atomic E-state index is 0.151. The summed E-state index contributed by atoms with van der Waals surface area (Å²) in [4.78, 5) is 4.75. The molecule has 0 radical (unpaired) electrons. The van der Waals surface area contributed by atoms with E-state index in [-0.39, 0.29) is 6.04 Å². The largest absolute Gasteiger partial charge is 0.356 e. The summed E-state index contributed by atoms with van der Waals surface area (Å²) in [5.74, 6) is 2.52. The minimum Gasteiger partial charge on any atom is -0.356 e. The third kappa shape index (κ3) is 6.17. The van der Waals surface area contributed by atoms with E-state index >= 15 is 0 Å². The van der Waals surface area contributed by atoms with Gasteiger partial charge in [-0.15, -0.1) is 10.2 Å². The number of hydrogen-bond acceptors (Lipinski definition) is 3. The molecular formula is C23H30N6. The van der Waals surface area contributed by atoms with Crippen molar-refractivity contribution in [2.45, 2.75) is 39.3 Å². The van der Waals surface area contributed by atoms with Gasteiger partial charge in [0, 0.05) is 13.6 Å². The number of guanidine groups is 1. The van der Waals surface area contributed by atoms with Gasteiger partial charge in [0.2, 0.25) is 0 Å². The first-order valence-electron chi connectivity index (χ1n) is 10.1. The molecule has 0 aliphatic rings. The normalized spacial score (nSPS) is 12.6. The van der Waals surface area contributed by atoms with Crippen molar-refractivity contribution in [2.24, 2.45) is 12.0 Å². The second kappa shape index (κ2) is 10.4. The Kier molecular flexibility index (Phi) is 7.39. The van der Waals surface area contributed by atoms with Crippen LogP contribution in [0.2, 0.25) is 0 Å². The Morgan fingerprint density at radius 1 is 1.03 bits per heavy atom. The van der Waals surface area contributed by atoms with E-state index in [2.05, 4.69) is 82.4 Å². The number of aromatic nitrogens is 3. The Morgan fingerprint density at radius 3 is 2.38 bits per heavy atom. The molecule has 0 aliphatic heterocycles. The first-order chi connectivity index (χ1) is 14.1. The van der Waals surface area contributed by atoms with Gasteiger partial charge in [-0.2, -0.15) is 0 Å². The third-order valence-corrected chi connectivity index (χ3v) is 4.99. The van der Waals surface area contributed by atoms with Crippen molar-refractivity contribution in [1.82, 2.24) is 25.4 Å². The van der Waals surface area contributed by atoms with Crippen LogP contribution in [-0.4, -0.2) is 27.3 Å². The van der Waals surface area contributed by atoms with Gasteiger partial charge in [-0.25, -0.2) is 4.99 Å². The van der Waals surface area contributed by atoms with Gasteiger partial charge in [-0.1, -0.05) is 60.7 Å². The molecule has 1 aromatic heterocycles. The lowest BCUT2D eigenvalue weighted by Crippen LogP contribution is -2.39. The Bertz CT molecular complexity index is 902. The monoisotopic (exact) mass is 390 g/mol. The Hall–Kier alpha value is -3.15. The summed E-state index contributed by atoms with van der Waals surface area (Å²) in [5.41, 5.74) is 2.58. The zero-order chi connectivity index (χ0) is 20.5. The first-order valence-corrected chi connectivity index (χ1v) is 10.1. The van der Waals surface area contributed by atoms with Crippen molar-refractivity contribution in [3.63, 3.8) is 0 Å². The third-order valence-electron chi connectivity index (χ3n) is 4.99. The average Bonchev–Trinajstić information content (AvgIpc) is 3.08. The number of nitrogens with one attached hydrogen (secondary N) is 2. The summed E-state index contributed by atoms with van der Waals surface area (Å²) in [7, 11) is 1.97. The quantitative estimate of drug-likeness (QED) is 0.351. The van der Waals surface area contributed by atoms with E-state index in [0.717, 1.165) is 37.0 Å². The van der Waals surface area contributed by atoms with Crippen LogP contribution < -0.4 is 10.6 Å². The summed E-state index contributed by atoms with van der Waals surface area (Å²) in [6.45, 7) is 5.41. The fraction of sp³-hybridized carbons (Fsp3) is 0.348. The molecule has 0 bridgehead atoms. The fourth-order valence-corrected chi connectivity index (χ4v) is 3.07. The molecule has 1 unspecified atom stereocenters. The molecule has 6 nitrogen and oxygen atoms in total. The maximum absolute atomic E-state index is 4.75. The van der Waals surface area contributed by atoms with Crippen molar-refractivity contribution in [3.05, 3.63) is 83.4 Å². The summed E-state index contributed by atoms with van der Waals surface area (Å²) in [5, 5.41) is 15.3. The van der Waals surface area contributed by atoms with Crippen molar-refractivity contribution < 1.29 is 0 Å². The highest BCUT2D eigenvalue weighted by Crippen LogP contribution is 2.11. The molecule has 0 amide bonds. The van der Waals surface area contributed by atoms with Crippen molar-refractivity contribution in [3.8, 4) is 0 Å². The molecule has 3 aromatic rings. The fourth-order valence-electron chi connectivity index (χ4n) is 3.07. The molecule has 0 saturated carbocycles. The molecule has 0 saturated heterocycles. The van der Waals surface area contributed by atoms with Crippen molar-refractivity contribution >= 4 is 5.96 Å². The second-order valence-corrected chi connectivity index (χ2v) is 7.18. The number of hydrogen-bond donors (Lipinski definition) is 2. The second-order valence-electron chi connectivity index (χ2n) is 7.18. The Labute approximate surface area is 173 Å². The van der Waals surface area contributed by atoms with Crippen LogP contribution in [-0.2, 0) is 20.0 Å². The molecular weight excluding hydrogens is 360 g/mol. The maximum atomic E-state index is 4.75. The van der Waals surface area contributed by atoms with Gasteiger partial charge in [0.15, 0.2) is 11.8 Å². The first kappa shape index (κ1) is 20.6. The summed E-state index contributed by atoms with van der Waals surface area (Å²) in [6.07, 6.45) is 2.07. The lowest BCUT2D eigenvalue weighted by molar-refractivity contribution is 0.666. The van der Waals surface area contributed by atoms with E-state index in [1.165, 1.54) is 11.1 Å². The number of benzene rings is 2. The van der Waals surface area contributed by atoms with Crippen LogP contribution in [0.3, 0.4) is 0 Å². The SMILES string of the molecule is Cc1nnc(CN=C(NCCCc2ccccc2)NC(C)c2ccccc2)n1C.